The maximum Gasteiger partial charge on any atom is 0.0707 e. The molecule has 0 unspecified atom stereocenters. The summed E-state index contributed by atoms with van der Waals surface area (Å²) in [6, 6.07) is 0. The Bertz CT molecular complexity index is 181. The van der Waals surface area contributed by atoms with Crippen molar-refractivity contribution in [3.05, 3.63) is 0 Å². The SMILES string of the molecule is C1CCCC(C2=NCCS2)CCC1. The average Bonchev–Trinajstić information content (AvgIpc) is 2.55. The van der Waals surface area contributed by atoms with Gasteiger partial charge >= 0.3 is 0 Å². The van der Waals surface area contributed by atoms with Gasteiger partial charge in [0.25, 0.3) is 0 Å². The molecule has 0 saturated heterocycles. The van der Waals surface area contributed by atoms with E-state index >= 15 is 0 Å². The Morgan fingerprint density at radius 1 is 1.00 bits per heavy atom. The Labute approximate surface area is 85.4 Å². The molecule has 2 rings (SSSR count). The molecule has 0 N–H and O–H groups in total. The van der Waals surface area contributed by atoms with Crippen LogP contribution < -0.4 is 0 Å². The van der Waals surface area contributed by atoms with Crippen LogP contribution in [0.15, 0.2) is 4.99 Å². The Morgan fingerprint density at radius 3 is 2.31 bits per heavy atom. The van der Waals surface area contributed by atoms with Gasteiger partial charge in [0.15, 0.2) is 0 Å². The summed E-state index contributed by atoms with van der Waals surface area (Å²) in [6.45, 7) is 1.08. The first-order valence-corrected chi connectivity index (χ1v) is 6.62. The summed E-state index contributed by atoms with van der Waals surface area (Å²) >= 11 is 2.01. The van der Waals surface area contributed by atoms with Crippen LogP contribution in [0.5, 0.6) is 0 Å². The van der Waals surface area contributed by atoms with Crippen molar-refractivity contribution < 1.29 is 0 Å². The van der Waals surface area contributed by atoms with Crippen LogP contribution in [0.25, 0.3) is 0 Å². The van der Waals surface area contributed by atoms with E-state index in [0.29, 0.717) is 0 Å². The molecule has 0 radical (unpaired) electrons. The normalized spacial score (nSPS) is 26.6. The van der Waals surface area contributed by atoms with Crippen molar-refractivity contribution in [2.75, 3.05) is 12.3 Å². The summed E-state index contributed by atoms with van der Waals surface area (Å²) in [5.74, 6) is 2.08. The van der Waals surface area contributed by atoms with Crippen LogP contribution in [0.2, 0.25) is 0 Å². The molecule has 1 saturated carbocycles. The highest BCUT2D eigenvalue weighted by molar-refractivity contribution is 8.14. The number of nitrogens with zero attached hydrogens (tertiary/aromatic N) is 1. The van der Waals surface area contributed by atoms with E-state index in [-0.39, 0.29) is 0 Å². The molecule has 74 valence electrons. The van der Waals surface area contributed by atoms with E-state index in [4.69, 9.17) is 0 Å². The highest BCUT2D eigenvalue weighted by atomic mass is 32.2. The monoisotopic (exact) mass is 197 g/mol. The third kappa shape index (κ3) is 2.73. The lowest BCUT2D eigenvalue weighted by Gasteiger charge is -2.18. The van der Waals surface area contributed by atoms with Gasteiger partial charge < -0.3 is 0 Å². The second kappa shape index (κ2) is 5.04. The van der Waals surface area contributed by atoms with Gasteiger partial charge in [-0.3, -0.25) is 4.99 Å². The van der Waals surface area contributed by atoms with Gasteiger partial charge in [0, 0.05) is 18.2 Å². The number of hydrogen-bond acceptors (Lipinski definition) is 2. The van der Waals surface area contributed by atoms with Crippen molar-refractivity contribution in [1.29, 1.82) is 0 Å². The predicted molar refractivity (Wildman–Crippen MR) is 60.6 cm³/mol. The molecule has 0 aromatic heterocycles. The molecule has 0 amide bonds. The first-order valence-electron chi connectivity index (χ1n) is 5.64. The summed E-state index contributed by atoms with van der Waals surface area (Å²) < 4.78 is 0. The summed E-state index contributed by atoms with van der Waals surface area (Å²) in [4.78, 5) is 4.61. The van der Waals surface area contributed by atoms with Crippen LogP contribution in [0.1, 0.15) is 44.9 Å². The Kier molecular flexibility index (Phi) is 3.71. The number of thioether (sulfide) groups is 1. The van der Waals surface area contributed by atoms with Gasteiger partial charge in [0.05, 0.1) is 5.04 Å². The highest BCUT2D eigenvalue weighted by Gasteiger charge is 2.19. The van der Waals surface area contributed by atoms with Gasteiger partial charge in [0.1, 0.15) is 0 Å². The molecular formula is C11H19NS. The fourth-order valence-corrected chi connectivity index (χ4v) is 3.35. The summed E-state index contributed by atoms with van der Waals surface area (Å²) in [7, 11) is 0. The molecule has 1 nitrogen and oxygen atoms in total. The number of rotatable bonds is 1. The van der Waals surface area contributed by atoms with Gasteiger partial charge in [-0.1, -0.05) is 32.1 Å². The number of aliphatic imine (C=N–C) groups is 1. The maximum absolute atomic E-state index is 4.61. The van der Waals surface area contributed by atoms with E-state index in [9.17, 15) is 0 Å². The molecule has 0 atom stereocenters. The molecule has 0 aromatic carbocycles. The van der Waals surface area contributed by atoms with E-state index in [1.807, 2.05) is 11.8 Å². The van der Waals surface area contributed by atoms with E-state index in [0.717, 1.165) is 12.5 Å². The molecule has 1 aliphatic heterocycles. The van der Waals surface area contributed by atoms with Gasteiger partial charge in [-0.05, 0) is 12.8 Å². The molecule has 0 bridgehead atoms. The smallest absolute Gasteiger partial charge is 0.0707 e. The highest BCUT2D eigenvalue weighted by Crippen LogP contribution is 2.29. The van der Waals surface area contributed by atoms with Crippen molar-refractivity contribution >= 4 is 16.8 Å². The Balaban J connectivity index is 1.87. The molecule has 13 heavy (non-hydrogen) atoms. The topological polar surface area (TPSA) is 12.4 Å². The van der Waals surface area contributed by atoms with Crippen molar-refractivity contribution in [1.82, 2.24) is 0 Å². The van der Waals surface area contributed by atoms with Gasteiger partial charge in [0.2, 0.25) is 0 Å². The summed E-state index contributed by atoms with van der Waals surface area (Å²) in [5, 5.41) is 1.49. The molecular weight excluding hydrogens is 178 g/mol. The van der Waals surface area contributed by atoms with Gasteiger partial charge in [-0.2, -0.15) is 0 Å². The van der Waals surface area contributed by atoms with Crippen LogP contribution in [0.3, 0.4) is 0 Å². The van der Waals surface area contributed by atoms with Crippen LogP contribution in [-0.4, -0.2) is 17.3 Å². The molecule has 1 fully saturated rings. The second-order valence-corrected chi connectivity index (χ2v) is 5.23. The van der Waals surface area contributed by atoms with Crippen LogP contribution in [0, 0.1) is 5.92 Å². The van der Waals surface area contributed by atoms with E-state index in [1.54, 1.807) is 0 Å². The summed E-state index contributed by atoms with van der Waals surface area (Å²) in [5.41, 5.74) is 0. The minimum absolute atomic E-state index is 0.841. The van der Waals surface area contributed by atoms with Crippen molar-refractivity contribution in [2.45, 2.75) is 44.9 Å². The predicted octanol–water partition coefficient (Wildman–Crippen LogP) is 3.49. The van der Waals surface area contributed by atoms with Gasteiger partial charge in [-0.15, -0.1) is 11.8 Å². The van der Waals surface area contributed by atoms with Crippen LogP contribution >= 0.6 is 11.8 Å². The molecule has 0 aromatic rings. The van der Waals surface area contributed by atoms with Crippen molar-refractivity contribution in [3.8, 4) is 0 Å². The zero-order chi connectivity index (χ0) is 8.93. The quantitative estimate of drug-likeness (QED) is 0.627. The standard InChI is InChI=1S/C11H19NS/c1-2-4-6-10(7-5-3-1)11-12-8-9-13-11/h10H,1-9H2. The second-order valence-electron chi connectivity index (χ2n) is 4.11. The van der Waals surface area contributed by atoms with E-state index in [1.165, 1.54) is 55.7 Å². The number of hydrogen-bond donors (Lipinski definition) is 0. The Morgan fingerprint density at radius 2 is 1.69 bits per heavy atom. The molecule has 0 spiro atoms. The molecule has 1 aliphatic carbocycles. The third-order valence-corrected chi connectivity index (χ3v) is 4.21. The average molecular weight is 197 g/mol. The maximum atomic E-state index is 4.61. The van der Waals surface area contributed by atoms with Crippen molar-refractivity contribution in [3.63, 3.8) is 0 Å². The van der Waals surface area contributed by atoms with Crippen LogP contribution in [0.4, 0.5) is 0 Å². The largest absolute Gasteiger partial charge is 0.282 e. The van der Waals surface area contributed by atoms with Crippen molar-refractivity contribution in [2.24, 2.45) is 10.9 Å². The minimum atomic E-state index is 0.841. The lowest BCUT2D eigenvalue weighted by atomic mass is 9.92. The van der Waals surface area contributed by atoms with Crippen LogP contribution in [-0.2, 0) is 0 Å². The lowest BCUT2D eigenvalue weighted by Crippen LogP contribution is -2.11. The van der Waals surface area contributed by atoms with E-state index < -0.39 is 0 Å². The Hall–Kier alpha value is 0.0200. The fourth-order valence-electron chi connectivity index (χ4n) is 2.30. The van der Waals surface area contributed by atoms with E-state index in [2.05, 4.69) is 4.99 Å². The fraction of sp³-hybridized carbons (Fsp3) is 0.909. The first kappa shape index (κ1) is 9.57. The third-order valence-electron chi connectivity index (χ3n) is 3.06. The molecule has 1 heterocycles. The zero-order valence-corrected chi connectivity index (χ0v) is 9.11. The summed E-state index contributed by atoms with van der Waals surface area (Å²) in [6.07, 6.45) is 10.1. The first-order chi connectivity index (χ1) is 6.47. The minimum Gasteiger partial charge on any atom is -0.282 e. The molecule has 2 heteroatoms. The van der Waals surface area contributed by atoms with Gasteiger partial charge in [-0.25, -0.2) is 0 Å². The lowest BCUT2D eigenvalue weighted by molar-refractivity contribution is 0.455. The molecule has 2 aliphatic rings. The zero-order valence-electron chi connectivity index (χ0n) is 8.30.